The maximum atomic E-state index is 12.4. The summed E-state index contributed by atoms with van der Waals surface area (Å²) >= 11 is 3.10. The van der Waals surface area contributed by atoms with Gasteiger partial charge in [0.15, 0.2) is 0 Å². The molecule has 0 spiro atoms. The van der Waals surface area contributed by atoms with Crippen LogP contribution >= 0.6 is 23.1 Å². The third kappa shape index (κ3) is 7.78. The molecular weight excluding hydrogens is 472 g/mol. The van der Waals surface area contributed by atoms with Crippen LogP contribution in [-0.4, -0.2) is 37.7 Å². The van der Waals surface area contributed by atoms with Crippen LogP contribution in [0.25, 0.3) is 0 Å². The summed E-state index contributed by atoms with van der Waals surface area (Å²) in [5.74, 6) is 1.67. The first-order valence-corrected chi connectivity index (χ1v) is 12.7. The number of methoxy groups -OCH3 is 2. The first-order valence-electron chi connectivity index (χ1n) is 10.9. The topological polar surface area (TPSA) is 86.8 Å². The van der Waals surface area contributed by atoms with Gasteiger partial charge in [-0.25, -0.2) is 9.78 Å². The van der Waals surface area contributed by atoms with E-state index in [0.717, 1.165) is 34.2 Å². The van der Waals surface area contributed by atoms with Gasteiger partial charge in [0.05, 0.1) is 38.5 Å². The normalized spacial score (nSPS) is 10.6. The molecule has 1 N–H and O–H groups in total. The number of benzene rings is 2. The van der Waals surface area contributed by atoms with Gasteiger partial charge in [-0.15, -0.1) is 11.3 Å². The van der Waals surface area contributed by atoms with Crippen molar-refractivity contribution in [2.45, 2.75) is 36.3 Å². The number of ether oxygens (including phenoxy) is 3. The predicted molar refractivity (Wildman–Crippen MR) is 135 cm³/mol. The number of anilines is 1. The van der Waals surface area contributed by atoms with Crippen LogP contribution in [-0.2, 0) is 21.7 Å². The molecule has 0 atom stereocenters. The van der Waals surface area contributed by atoms with Crippen molar-refractivity contribution < 1.29 is 23.8 Å². The van der Waals surface area contributed by atoms with Crippen molar-refractivity contribution in [2.24, 2.45) is 0 Å². The lowest BCUT2D eigenvalue weighted by Gasteiger charge is -2.07. The SMILES string of the molecule is CCCCOC(=O)c1ccc(NC(=O)Cc2csc(SCc3cc(OC)cc(OC)c3)n2)cc1. The highest BCUT2D eigenvalue weighted by molar-refractivity contribution is 8.00. The van der Waals surface area contributed by atoms with E-state index < -0.39 is 0 Å². The molecule has 0 radical (unpaired) electrons. The molecule has 3 rings (SSSR count). The van der Waals surface area contributed by atoms with Crippen LogP contribution in [0.15, 0.2) is 52.2 Å². The largest absolute Gasteiger partial charge is 0.497 e. The van der Waals surface area contributed by atoms with Gasteiger partial charge in [0, 0.05) is 22.9 Å². The monoisotopic (exact) mass is 500 g/mol. The highest BCUT2D eigenvalue weighted by Gasteiger charge is 2.11. The first kappa shape index (κ1) is 25.6. The second kappa shape index (κ2) is 13.0. The number of carbonyl (C=O) groups excluding carboxylic acids is 2. The number of nitrogens with one attached hydrogen (secondary N) is 1. The fourth-order valence-electron chi connectivity index (χ4n) is 2.98. The summed E-state index contributed by atoms with van der Waals surface area (Å²) in [6.45, 7) is 2.45. The maximum absolute atomic E-state index is 12.4. The van der Waals surface area contributed by atoms with Crippen molar-refractivity contribution >= 4 is 40.7 Å². The minimum Gasteiger partial charge on any atom is -0.497 e. The molecule has 9 heteroatoms. The summed E-state index contributed by atoms with van der Waals surface area (Å²) in [7, 11) is 3.25. The number of nitrogens with zero attached hydrogens (tertiary/aromatic N) is 1. The van der Waals surface area contributed by atoms with E-state index in [2.05, 4.69) is 10.3 Å². The van der Waals surface area contributed by atoms with Gasteiger partial charge in [-0.05, 0) is 48.4 Å². The number of unbranched alkanes of at least 4 members (excludes halogenated alkanes) is 1. The number of hydrogen-bond acceptors (Lipinski definition) is 8. The molecule has 1 amide bonds. The third-order valence-electron chi connectivity index (χ3n) is 4.78. The Bertz CT molecular complexity index is 1080. The number of rotatable bonds is 12. The van der Waals surface area contributed by atoms with Crippen molar-refractivity contribution in [2.75, 3.05) is 26.1 Å². The van der Waals surface area contributed by atoms with E-state index in [-0.39, 0.29) is 18.3 Å². The van der Waals surface area contributed by atoms with E-state index in [9.17, 15) is 9.59 Å². The Morgan fingerprint density at radius 1 is 1.06 bits per heavy atom. The standard InChI is InChI=1S/C25H28N2O5S2/c1-4-5-10-32-24(29)18-6-8-19(9-7-18)26-23(28)13-20-16-34-25(27-20)33-15-17-11-21(30-2)14-22(12-17)31-3/h6-9,11-12,14,16H,4-5,10,13,15H2,1-3H3,(H,26,28). The molecule has 0 aliphatic rings. The van der Waals surface area contributed by atoms with Crippen LogP contribution in [0.5, 0.6) is 11.5 Å². The third-order valence-corrected chi connectivity index (χ3v) is 6.92. The summed E-state index contributed by atoms with van der Waals surface area (Å²) in [6, 6.07) is 12.4. The van der Waals surface area contributed by atoms with Crippen molar-refractivity contribution in [3.8, 4) is 11.5 Å². The van der Waals surface area contributed by atoms with Gasteiger partial charge in [-0.3, -0.25) is 4.79 Å². The Labute approximate surface area is 207 Å². The molecule has 3 aromatic rings. The van der Waals surface area contributed by atoms with E-state index in [1.807, 2.05) is 30.5 Å². The lowest BCUT2D eigenvalue weighted by Crippen LogP contribution is -2.14. The molecule has 34 heavy (non-hydrogen) atoms. The summed E-state index contributed by atoms with van der Waals surface area (Å²) in [6.07, 6.45) is 1.98. The Hall–Kier alpha value is -3.04. The summed E-state index contributed by atoms with van der Waals surface area (Å²) in [4.78, 5) is 29.0. The Kier molecular flexibility index (Phi) is 9.78. The Balaban J connectivity index is 1.49. The number of carbonyl (C=O) groups is 2. The number of thiazole rings is 1. The maximum Gasteiger partial charge on any atom is 0.338 e. The number of amides is 1. The molecule has 1 aromatic heterocycles. The first-order chi connectivity index (χ1) is 16.5. The molecule has 0 bridgehead atoms. The second-order valence-electron chi connectivity index (χ2n) is 7.41. The Morgan fingerprint density at radius 3 is 2.41 bits per heavy atom. The van der Waals surface area contributed by atoms with Crippen molar-refractivity contribution in [3.63, 3.8) is 0 Å². The molecule has 0 aliphatic carbocycles. The minimum atomic E-state index is -0.355. The van der Waals surface area contributed by atoms with Crippen LogP contribution in [0, 0.1) is 0 Å². The molecule has 2 aromatic carbocycles. The van der Waals surface area contributed by atoms with Gasteiger partial charge >= 0.3 is 5.97 Å². The van der Waals surface area contributed by atoms with Crippen LogP contribution in [0.2, 0.25) is 0 Å². The second-order valence-corrected chi connectivity index (χ2v) is 9.49. The number of esters is 1. The zero-order valence-corrected chi connectivity index (χ0v) is 21.1. The van der Waals surface area contributed by atoms with Crippen molar-refractivity contribution in [1.82, 2.24) is 4.98 Å². The van der Waals surface area contributed by atoms with E-state index in [0.29, 0.717) is 29.3 Å². The summed E-state index contributed by atoms with van der Waals surface area (Å²) in [5.41, 5.74) is 2.86. The summed E-state index contributed by atoms with van der Waals surface area (Å²) < 4.78 is 16.7. The van der Waals surface area contributed by atoms with E-state index in [1.54, 1.807) is 50.2 Å². The van der Waals surface area contributed by atoms with Gasteiger partial charge in [0.1, 0.15) is 15.8 Å². The van der Waals surface area contributed by atoms with Gasteiger partial charge in [-0.2, -0.15) is 0 Å². The van der Waals surface area contributed by atoms with Gasteiger partial charge < -0.3 is 19.5 Å². The molecule has 0 saturated heterocycles. The smallest absolute Gasteiger partial charge is 0.338 e. The van der Waals surface area contributed by atoms with Crippen LogP contribution < -0.4 is 14.8 Å². The number of aromatic nitrogens is 1. The molecule has 180 valence electrons. The molecule has 1 heterocycles. The molecular formula is C25H28N2O5S2. The van der Waals surface area contributed by atoms with Crippen molar-refractivity contribution in [3.05, 3.63) is 64.7 Å². The number of hydrogen-bond donors (Lipinski definition) is 1. The van der Waals surface area contributed by atoms with Crippen molar-refractivity contribution in [1.29, 1.82) is 0 Å². The molecule has 0 aliphatic heterocycles. The lowest BCUT2D eigenvalue weighted by molar-refractivity contribution is -0.115. The van der Waals surface area contributed by atoms with Crippen LogP contribution in [0.3, 0.4) is 0 Å². The zero-order chi connectivity index (χ0) is 24.3. The minimum absolute atomic E-state index is 0.169. The quantitative estimate of drug-likeness (QED) is 0.197. The predicted octanol–water partition coefficient (Wildman–Crippen LogP) is 5.59. The lowest BCUT2D eigenvalue weighted by atomic mass is 10.2. The Morgan fingerprint density at radius 2 is 1.76 bits per heavy atom. The van der Waals surface area contributed by atoms with E-state index in [4.69, 9.17) is 14.2 Å². The fraction of sp³-hybridized carbons (Fsp3) is 0.320. The van der Waals surface area contributed by atoms with Crippen LogP contribution in [0.1, 0.15) is 41.4 Å². The highest BCUT2D eigenvalue weighted by atomic mass is 32.2. The van der Waals surface area contributed by atoms with Gasteiger partial charge in [0.25, 0.3) is 0 Å². The fourth-order valence-corrected chi connectivity index (χ4v) is 4.76. The molecule has 0 fully saturated rings. The molecule has 7 nitrogen and oxygen atoms in total. The van der Waals surface area contributed by atoms with E-state index >= 15 is 0 Å². The zero-order valence-electron chi connectivity index (χ0n) is 19.5. The molecule has 0 saturated carbocycles. The highest BCUT2D eigenvalue weighted by Crippen LogP contribution is 2.30. The number of thioether (sulfide) groups is 1. The van der Waals surface area contributed by atoms with Gasteiger partial charge in [-0.1, -0.05) is 25.1 Å². The average Bonchev–Trinajstić information content (AvgIpc) is 3.30. The van der Waals surface area contributed by atoms with E-state index in [1.165, 1.54) is 11.3 Å². The molecule has 0 unspecified atom stereocenters. The van der Waals surface area contributed by atoms with Gasteiger partial charge in [0.2, 0.25) is 5.91 Å². The average molecular weight is 501 g/mol. The summed E-state index contributed by atoms with van der Waals surface area (Å²) in [5, 5.41) is 4.73. The van der Waals surface area contributed by atoms with Crippen LogP contribution in [0.4, 0.5) is 5.69 Å².